The molecule has 1 nitrogen and oxygen atoms in total. The Morgan fingerprint density at radius 2 is 1.75 bits per heavy atom. The van der Waals surface area contributed by atoms with Crippen molar-refractivity contribution in [3.63, 3.8) is 0 Å². The number of nitrogens with zero attached hydrogens (tertiary/aromatic N) is 1. The fraction of sp³-hybridized carbons (Fsp3) is 0.500. The van der Waals surface area contributed by atoms with Crippen molar-refractivity contribution in [1.82, 2.24) is 4.90 Å². The first kappa shape index (κ1) is 11.8. The van der Waals surface area contributed by atoms with E-state index in [2.05, 4.69) is 0 Å². The second kappa shape index (κ2) is 5.11. The molecule has 0 atom stereocenters. The van der Waals surface area contributed by atoms with Crippen LogP contribution in [0.3, 0.4) is 0 Å². The van der Waals surface area contributed by atoms with Crippen LogP contribution in [0.5, 0.6) is 0 Å². The first-order chi connectivity index (χ1) is 7.66. The van der Waals surface area contributed by atoms with Crippen molar-refractivity contribution >= 4 is 11.6 Å². The second-order valence-electron chi connectivity index (χ2n) is 4.15. The average Bonchev–Trinajstić information content (AvgIpc) is 2.26. The monoisotopic (exact) mass is 245 g/mol. The summed E-state index contributed by atoms with van der Waals surface area (Å²) >= 11 is 5.97. The van der Waals surface area contributed by atoms with Crippen molar-refractivity contribution < 1.29 is 8.78 Å². The molecule has 1 aliphatic heterocycles. The van der Waals surface area contributed by atoms with Crippen LogP contribution >= 0.6 is 11.6 Å². The molecule has 0 unspecified atom stereocenters. The van der Waals surface area contributed by atoms with Crippen molar-refractivity contribution in [2.45, 2.75) is 24.8 Å². The molecular weight excluding hydrogens is 232 g/mol. The van der Waals surface area contributed by atoms with Gasteiger partial charge in [0.1, 0.15) is 11.6 Å². The van der Waals surface area contributed by atoms with Gasteiger partial charge in [-0.3, -0.25) is 4.90 Å². The lowest BCUT2D eigenvalue weighted by atomic mass is 10.1. The molecule has 0 saturated carbocycles. The molecule has 0 amide bonds. The minimum Gasteiger partial charge on any atom is -0.299 e. The third-order valence-electron chi connectivity index (χ3n) is 2.96. The molecule has 1 heterocycles. The van der Waals surface area contributed by atoms with Gasteiger partial charge in [0, 0.05) is 17.5 Å². The molecule has 0 radical (unpaired) electrons. The van der Waals surface area contributed by atoms with Gasteiger partial charge in [-0.1, -0.05) is 6.07 Å². The van der Waals surface area contributed by atoms with E-state index in [1.807, 2.05) is 4.90 Å². The zero-order valence-electron chi connectivity index (χ0n) is 8.93. The van der Waals surface area contributed by atoms with Gasteiger partial charge in [0.05, 0.1) is 0 Å². The van der Waals surface area contributed by atoms with Gasteiger partial charge in [-0.2, -0.15) is 0 Å². The summed E-state index contributed by atoms with van der Waals surface area (Å²) < 4.78 is 26.8. The summed E-state index contributed by atoms with van der Waals surface area (Å²) in [4.78, 5) is 2.04. The highest BCUT2D eigenvalue weighted by molar-refractivity contribution is 6.20. The number of rotatable bonds is 2. The number of hydrogen-bond donors (Lipinski definition) is 0. The van der Waals surface area contributed by atoms with E-state index < -0.39 is 11.6 Å². The molecule has 1 aromatic rings. The first-order valence-corrected chi connectivity index (χ1v) is 5.90. The van der Waals surface area contributed by atoms with Gasteiger partial charge in [0.15, 0.2) is 0 Å². The summed E-state index contributed by atoms with van der Waals surface area (Å²) in [6.45, 7) is 1.95. The predicted molar refractivity (Wildman–Crippen MR) is 60.5 cm³/mol. The Bertz CT molecular complexity index is 342. The van der Waals surface area contributed by atoms with Crippen LogP contribution in [0.4, 0.5) is 8.78 Å². The van der Waals surface area contributed by atoms with E-state index in [9.17, 15) is 8.78 Å². The van der Waals surface area contributed by atoms with E-state index in [-0.39, 0.29) is 10.9 Å². The maximum absolute atomic E-state index is 13.4. The van der Waals surface area contributed by atoms with Gasteiger partial charge in [-0.25, -0.2) is 8.78 Å². The minimum absolute atomic E-state index is 0.163. The summed E-state index contributed by atoms with van der Waals surface area (Å²) in [6, 6.07) is 3.98. The highest BCUT2D eigenvalue weighted by Crippen LogP contribution is 2.20. The molecule has 1 aromatic carbocycles. The van der Waals surface area contributed by atoms with Crippen LogP contribution in [0.2, 0.25) is 0 Å². The molecule has 0 aliphatic carbocycles. The molecule has 16 heavy (non-hydrogen) atoms. The average molecular weight is 246 g/mol. The van der Waals surface area contributed by atoms with Crippen molar-refractivity contribution in [1.29, 1.82) is 0 Å². The number of benzene rings is 1. The summed E-state index contributed by atoms with van der Waals surface area (Å²) in [7, 11) is 0. The Kier molecular flexibility index (Phi) is 3.77. The van der Waals surface area contributed by atoms with Gasteiger partial charge in [0.2, 0.25) is 0 Å². The first-order valence-electron chi connectivity index (χ1n) is 5.46. The zero-order valence-corrected chi connectivity index (χ0v) is 9.68. The van der Waals surface area contributed by atoms with Crippen LogP contribution in [0.25, 0.3) is 0 Å². The van der Waals surface area contributed by atoms with Gasteiger partial charge in [-0.05, 0) is 38.1 Å². The number of alkyl halides is 1. The van der Waals surface area contributed by atoms with Crippen molar-refractivity contribution in [2.75, 3.05) is 13.1 Å². The number of likely N-dealkylation sites (tertiary alicyclic amines) is 1. The Labute approximate surface area is 99.0 Å². The molecular formula is C12H14ClF2N. The molecule has 0 N–H and O–H groups in total. The van der Waals surface area contributed by atoms with Crippen LogP contribution in [0.15, 0.2) is 18.2 Å². The lowest BCUT2D eigenvalue weighted by Gasteiger charge is -2.29. The Balaban J connectivity index is 2.04. The Morgan fingerprint density at radius 1 is 1.19 bits per heavy atom. The lowest BCUT2D eigenvalue weighted by Crippen LogP contribution is -2.34. The molecule has 0 bridgehead atoms. The van der Waals surface area contributed by atoms with Gasteiger partial charge in [-0.15, -0.1) is 11.6 Å². The van der Waals surface area contributed by atoms with E-state index >= 15 is 0 Å². The van der Waals surface area contributed by atoms with E-state index in [1.165, 1.54) is 18.2 Å². The van der Waals surface area contributed by atoms with Crippen molar-refractivity contribution in [3.8, 4) is 0 Å². The molecule has 1 aliphatic rings. The van der Waals surface area contributed by atoms with Crippen molar-refractivity contribution in [2.24, 2.45) is 0 Å². The summed E-state index contributed by atoms with van der Waals surface area (Å²) in [5.74, 6) is -0.930. The fourth-order valence-electron chi connectivity index (χ4n) is 1.97. The number of halogens is 3. The normalized spacial score (nSPS) is 18.9. The van der Waals surface area contributed by atoms with Crippen LogP contribution in [-0.4, -0.2) is 23.4 Å². The summed E-state index contributed by atoms with van der Waals surface area (Å²) in [5, 5.41) is 0.210. The van der Waals surface area contributed by atoms with Gasteiger partial charge >= 0.3 is 0 Å². The van der Waals surface area contributed by atoms with E-state index in [0.29, 0.717) is 6.54 Å². The summed E-state index contributed by atoms with van der Waals surface area (Å²) in [5.41, 5.74) is 0.163. The number of piperidine rings is 1. The molecule has 88 valence electrons. The van der Waals surface area contributed by atoms with E-state index in [1.54, 1.807) is 0 Å². The lowest BCUT2D eigenvalue weighted by molar-refractivity contribution is 0.217. The van der Waals surface area contributed by atoms with Gasteiger partial charge in [0.25, 0.3) is 0 Å². The third-order valence-corrected chi connectivity index (χ3v) is 3.40. The summed E-state index contributed by atoms with van der Waals surface area (Å²) in [6.07, 6.45) is 1.77. The van der Waals surface area contributed by atoms with Crippen molar-refractivity contribution in [3.05, 3.63) is 35.4 Å². The molecule has 0 aromatic heterocycles. The molecule has 1 saturated heterocycles. The highest BCUT2D eigenvalue weighted by Gasteiger charge is 2.19. The maximum atomic E-state index is 13.4. The Hall–Kier alpha value is -0.670. The maximum Gasteiger partial charge on any atom is 0.130 e. The highest BCUT2D eigenvalue weighted by atomic mass is 35.5. The van der Waals surface area contributed by atoms with Crippen LogP contribution in [0.1, 0.15) is 18.4 Å². The van der Waals surface area contributed by atoms with Crippen LogP contribution < -0.4 is 0 Å². The molecule has 2 rings (SSSR count). The smallest absolute Gasteiger partial charge is 0.130 e. The second-order valence-corrected chi connectivity index (χ2v) is 4.77. The van der Waals surface area contributed by atoms with Crippen LogP contribution in [0, 0.1) is 11.6 Å². The SMILES string of the molecule is Fc1cccc(F)c1CN1CCC(Cl)CC1. The Morgan fingerprint density at radius 3 is 2.31 bits per heavy atom. The topological polar surface area (TPSA) is 3.24 Å². The standard InChI is InChI=1S/C12H14ClF2N/c13-9-4-6-16(7-5-9)8-10-11(14)2-1-3-12(10)15/h1-3,9H,4-8H2. The van der Waals surface area contributed by atoms with Crippen LogP contribution in [-0.2, 0) is 6.54 Å². The zero-order chi connectivity index (χ0) is 11.5. The predicted octanol–water partition coefficient (Wildman–Crippen LogP) is 3.17. The van der Waals surface area contributed by atoms with E-state index in [4.69, 9.17) is 11.6 Å². The molecule has 0 spiro atoms. The minimum atomic E-state index is -0.465. The van der Waals surface area contributed by atoms with E-state index in [0.717, 1.165) is 25.9 Å². The number of hydrogen-bond acceptors (Lipinski definition) is 1. The quantitative estimate of drug-likeness (QED) is 0.724. The third kappa shape index (κ3) is 2.71. The largest absolute Gasteiger partial charge is 0.299 e. The molecule has 1 fully saturated rings. The van der Waals surface area contributed by atoms with Gasteiger partial charge < -0.3 is 0 Å². The molecule has 4 heteroatoms. The fourth-order valence-corrected chi connectivity index (χ4v) is 2.16.